The Morgan fingerprint density at radius 1 is 1.04 bits per heavy atom. The molecule has 7 heteroatoms. The molecule has 0 unspecified atom stereocenters. The highest BCUT2D eigenvalue weighted by Crippen LogP contribution is 2.35. The number of nitrogens with zero attached hydrogens (tertiary/aromatic N) is 3. The number of piperidine rings is 1. The number of para-hydroxylation sites is 2. The predicted octanol–water partition coefficient (Wildman–Crippen LogP) is 1.79. The van der Waals surface area contributed by atoms with Gasteiger partial charge in [-0.3, -0.25) is 14.2 Å². The zero-order valence-corrected chi connectivity index (χ0v) is 15.4. The van der Waals surface area contributed by atoms with Crippen LogP contribution in [-0.4, -0.2) is 33.0 Å². The van der Waals surface area contributed by atoms with Gasteiger partial charge >= 0.3 is 5.76 Å². The van der Waals surface area contributed by atoms with Crippen molar-refractivity contribution in [3.05, 3.63) is 69.1 Å². The predicted molar refractivity (Wildman–Crippen MR) is 103 cm³/mol. The van der Waals surface area contributed by atoms with Gasteiger partial charge in [-0.15, -0.1) is 0 Å². The summed E-state index contributed by atoms with van der Waals surface area (Å²) in [4.78, 5) is 39.0. The van der Waals surface area contributed by atoms with E-state index >= 15 is 0 Å². The Morgan fingerprint density at radius 2 is 1.89 bits per heavy atom. The van der Waals surface area contributed by atoms with E-state index in [4.69, 9.17) is 4.42 Å². The van der Waals surface area contributed by atoms with Crippen LogP contribution in [0.25, 0.3) is 11.1 Å². The van der Waals surface area contributed by atoms with Crippen LogP contribution in [-0.2, 0) is 17.9 Å². The number of amides is 1. The molecule has 2 aliphatic heterocycles. The minimum Gasteiger partial charge on any atom is -0.408 e. The molecule has 0 spiro atoms. The summed E-state index contributed by atoms with van der Waals surface area (Å²) in [6.45, 7) is 2.26. The van der Waals surface area contributed by atoms with Crippen molar-refractivity contribution in [2.75, 3.05) is 13.1 Å². The van der Waals surface area contributed by atoms with Gasteiger partial charge in [0.05, 0.1) is 5.52 Å². The Balaban J connectivity index is 1.32. The number of aromatic nitrogens is 2. The molecule has 5 rings (SSSR count). The molecule has 3 aromatic rings. The third-order valence-electron chi connectivity index (χ3n) is 5.96. The van der Waals surface area contributed by atoms with Gasteiger partial charge in [0.15, 0.2) is 5.58 Å². The summed E-state index contributed by atoms with van der Waals surface area (Å²) in [6, 6.07) is 12.6. The van der Waals surface area contributed by atoms with Crippen LogP contribution in [0.15, 0.2) is 56.5 Å². The quantitative estimate of drug-likeness (QED) is 0.695. The van der Waals surface area contributed by atoms with Crippen LogP contribution in [0.2, 0.25) is 0 Å². The first-order valence-corrected chi connectivity index (χ1v) is 9.66. The number of rotatable bonds is 3. The number of hydrogen-bond acceptors (Lipinski definition) is 4. The van der Waals surface area contributed by atoms with Gasteiger partial charge in [-0.05, 0) is 30.5 Å². The summed E-state index contributed by atoms with van der Waals surface area (Å²) >= 11 is 0. The molecule has 1 aromatic carbocycles. The molecule has 2 aliphatic rings. The average Bonchev–Trinajstić information content (AvgIpc) is 3.02. The average molecular weight is 379 g/mol. The highest BCUT2D eigenvalue weighted by atomic mass is 16.4. The van der Waals surface area contributed by atoms with E-state index in [2.05, 4.69) is 0 Å². The lowest BCUT2D eigenvalue weighted by atomic mass is 9.83. The molecule has 2 bridgehead atoms. The van der Waals surface area contributed by atoms with E-state index in [1.165, 1.54) is 4.57 Å². The Bertz CT molecular complexity index is 1170. The molecular formula is C21H21N3O4. The number of likely N-dealkylation sites (tertiary alicyclic amines) is 1. The SMILES string of the molecule is O=C(CCn1c(=O)oc2ccccc21)N1C[C@@H]2C[C@@H](C1)c1cccc(=O)n1C2. The maximum Gasteiger partial charge on any atom is 0.419 e. The van der Waals surface area contributed by atoms with Crippen molar-refractivity contribution in [2.45, 2.75) is 31.8 Å². The third-order valence-corrected chi connectivity index (χ3v) is 5.96. The normalized spacial score (nSPS) is 20.9. The molecule has 0 N–H and O–H groups in total. The van der Waals surface area contributed by atoms with Crippen molar-refractivity contribution >= 4 is 17.0 Å². The highest BCUT2D eigenvalue weighted by Gasteiger charge is 2.36. The monoisotopic (exact) mass is 379 g/mol. The van der Waals surface area contributed by atoms with E-state index in [1.807, 2.05) is 33.7 Å². The van der Waals surface area contributed by atoms with E-state index in [0.717, 1.165) is 12.1 Å². The van der Waals surface area contributed by atoms with Crippen LogP contribution in [0.3, 0.4) is 0 Å². The Hall–Kier alpha value is -3.09. The number of benzene rings is 1. The first kappa shape index (κ1) is 17.0. The van der Waals surface area contributed by atoms with Crippen molar-refractivity contribution in [3.8, 4) is 0 Å². The van der Waals surface area contributed by atoms with E-state index < -0.39 is 5.76 Å². The van der Waals surface area contributed by atoms with Gasteiger partial charge in [0, 0.05) is 50.3 Å². The number of hydrogen-bond donors (Lipinski definition) is 0. The molecule has 7 nitrogen and oxygen atoms in total. The van der Waals surface area contributed by atoms with E-state index in [9.17, 15) is 14.4 Å². The molecule has 28 heavy (non-hydrogen) atoms. The second-order valence-corrected chi connectivity index (χ2v) is 7.73. The molecular weight excluding hydrogens is 358 g/mol. The number of carbonyl (C=O) groups excluding carboxylic acids is 1. The van der Waals surface area contributed by atoms with Gasteiger partial charge in [0.2, 0.25) is 5.91 Å². The summed E-state index contributed by atoms with van der Waals surface area (Å²) < 4.78 is 8.62. The summed E-state index contributed by atoms with van der Waals surface area (Å²) in [7, 11) is 0. The molecule has 2 atom stereocenters. The zero-order chi connectivity index (χ0) is 19.3. The molecule has 0 aliphatic carbocycles. The van der Waals surface area contributed by atoms with Gasteiger partial charge in [0.1, 0.15) is 0 Å². The Morgan fingerprint density at radius 3 is 2.79 bits per heavy atom. The van der Waals surface area contributed by atoms with Crippen LogP contribution in [0.4, 0.5) is 0 Å². The van der Waals surface area contributed by atoms with E-state index in [1.54, 1.807) is 18.2 Å². The van der Waals surface area contributed by atoms with Crippen LogP contribution in [0.1, 0.15) is 24.5 Å². The lowest BCUT2D eigenvalue weighted by Crippen LogP contribution is -2.49. The summed E-state index contributed by atoms with van der Waals surface area (Å²) in [5, 5.41) is 0. The second kappa shape index (κ2) is 6.51. The smallest absolute Gasteiger partial charge is 0.408 e. The standard InChI is InChI=1S/C21H21N3O4/c25-19(8-9-23-17-4-1-2-6-18(17)28-21(23)27)22-11-14-10-15(13-22)16-5-3-7-20(26)24(16)12-14/h1-7,14-15H,8-13H2/t14-,15-/m0/s1. The van der Waals surface area contributed by atoms with Crippen molar-refractivity contribution < 1.29 is 9.21 Å². The number of oxazole rings is 1. The lowest BCUT2D eigenvalue weighted by molar-refractivity contribution is -0.134. The van der Waals surface area contributed by atoms with Crippen LogP contribution >= 0.6 is 0 Å². The van der Waals surface area contributed by atoms with Gasteiger partial charge in [0.25, 0.3) is 5.56 Å². The minimum atomic E-state index is -0.433. The first-order valence-electron chi connectivity index (χ1n) is 9.66. The molecule has 0 saturated carbocycles. The van der Waals surface area contributed by atoms with Crippen molar-refractivity contribution in [3.63, 3.8) is 0 Å². The lowest BCUT2D eigenvalue weighted by Gasteiger charge is -2.42. The minimum absolute atomic E-state index is 0.0400. The van der Waals surface area contributed by atoms with Crippen molar-refractivity contribution in [2.24, 2.45) is 5.92 Å². The molecule has 0 radical (unpaired) electrons. The largest absolute Gasteiger partial charge is 0.419 e. The summed E-state index contributed by atoms with van der Waals surface area (Å²) in [5.41, 5.74) is 2.31. The van der Waals surface area contributed by atoms with Crippen molar-refractivity contribution in [1.29, 1.82) is 0 Å². The second-order valence-electron chi connectivity index (χ2n) is 7.73. The molecule has 1 saturated heterocycles. The number of pyridine rings is 1. The van der Waals surface area contributed by atoms with E-state index in [0.29, 0.717) is 43.2 Å². The van der Waals surface area contributed by atoms with Gasteiger partial charge < -0.3 is 13.9 Å². The fourth-order valence-electron chi connectivity index (χ4n) is 4.69. The number of fused-ring (bicyclic) bond motifs is 5. The molecule has 2 aromatic heterocycles. The topological polar surface area (TPSA) is 77.5 Å². The van der Waals surface area contributed by atoms with Gasteiger partial charge in [-0.25, -0.2) is 4.79 Å². The number of aryl methyl sites for hydroxylation is 1. The number of carbonyl (C=O) groups is 1. The zero-order valence-electron chi connectivity index (χ0n) is 15.4. The molecule has 4 heterocycles. The van der Waals surface area contributed by atoms with Crippen LogP contribution in [0.5, 0.6) is 0 Å². The molecule has 1 fully saturated rings. The fraction of sp³-hybridized carbons (Fsp3) is 0.381. The Kier molecular flexibility index (Phi) is 3.96. The summed E-state index contributed by atoms with van der Waals surface area (Å²) in [6.07, 6.45) is 1.27. The molecule has 144 valence electrons. The Labute approximate surface area is 160 Å². The summed E-state index contributed by atoms with van der Waals surface area (Å²) in [5.74, 6) is 0.104. The van der Waals surface area contributed by atoms with Crippen LogP contribution < -0.4 is 11.3 Å². The third kappa shape index (κ3) is 2.78. The van der Waals surface area contributed by atoms with Gasteiger partial charge in [-0.2, -0.15) is 0 Å². The van der Waals surface area contributed by atoms with Gasteiger partial charge in [-0.1, -0.05) is 18.2 Å². The maximum absolute atomic E-state index is 12.9. The first-order chi connectivity index (χ1) is 13.6. The van der Waals surface area contributed by atoms with Crippen molar-refractivity contribution in [1.82, 2.24) is 14.0 Å². The maximum atomic E-state index is 12.9. The molecule has 1 amide bonds. The highest BCUT2D eigenvalue weighted by molar-refractivity contribution is 5.77. The fourth-order valence-corrected chi connectivity index (χ4v) is 4.69. The van der Waals surface area contributed by atoms with Crippen LogP contribution in [0, 0.1) is 5.92 Å². The van der Waals surface area contributed by atoms with E-state index in [-0.39, 0.29) is 23.8 Å².